The van der Waals surface area contributed by atoms with Crippen LogP contribution in [0, 0.1) is 13.8 Å². The molecule has 0 saturated carbocycles. The quantitative estimate of drug-likeness (QED) is 0.366. The Labute approximate surface area is 191 Å². The van der Waals surface area contributed by atoms with Crippen molar-refractivity contribution in [3.05, 3.63) is 70.2 Å². The topological polar surface area (TPSA) is 65.8 Å². The molecule has 1 aliphatic heterocycles. The van der Waals surface area contributed by atoms with Crippen LogP contribution in [0.3, 0.4) is 0 Å². The largest absolute Gasteiger partial charge is 0.324 e. The maximum atomic E-state index is 4.90. The minimum Gasteiger partial charge on any atom is -0.324 e. The lowest BCUT2D eigenvalue weighted by Gasteiger charge is -2.25. The van der Waals surface area contributed by atoms with Crippen molar-refractivity contribution < 1.29 is 0 Å². The molecule has 0 bridgehead atoms. The summed E-state index contributed by atoms with van der Waals surface area (Å²) in [6.07, 6.45) is 1.72. The molecule has 8 heteroatoms. The number of rotatable bonds is 5. The third-order valence-corrected chi connectivity index (χ3v) is 7.14. The monoisotopic (exact) mass is 450 g/mol. The van der Waals surface area contributed by atoms with Gasteiger partial charge in [-0.15, -0.1) is 10.2 Å². The number of anilines is 1. The first-order chi connectivity index (χ1) is 15.1. The number of nitrogens with zero attached hydrogens (tertiary/aromatic N) is 5. The van der Waals surface area contributed by atoms with Crippen molar-refractivity contribution in [3.8, 4) is 0 Å². The summed E-state index contributed by atoms with van der Waals surface area (Å²) in [5.74, 6) is 0.643. The summed E-state index contributed by atoms with van der Waals surface area (Å²) in [4.78, 5) is 4.84. The van der Waals surface area contributed by atoms with Crippen LogP contribution in [0.5, 0.6) is 0 Å². The zero-order valence-corrected chi connectivity index (χ0v) is 19.8. The Balaban J connectivity index is 1.74. The number of guanidine groups is 1. The predicted molar refractivity (Wildman–Crippen MR) is 132 cm³/mol. The molecule has 0 fully saturated rings. The molecule has 2 heterocycles. The van der Waals surface area contributed by atoms with Crippen LogP contribution in [0.2, 0.25) is 0 Å². The van der Waals surface area contributed by atoms with Crippen molar-refractivity contribution in [1.29, 1.82) is 0 Å². The standard InChI is InChI=1S/C23H26N6S2/c1-5-19-26-27-23(31-19)25-22(24-18-13-9-16(4)10-14-18)29-21(30-20(6-2)28-29)17-11-7-15(3)8-12-17/h7-14,21H,5-6H2,1-4H3,(H,24,25,27). The van der Waals surface area contributed by atoms with Crippen molar-refractivity contribution in [3.63, 3.8) is 0 Å². The predicted octanol–water partition coefficient (Wildman–Crippen LogP) is 6.29. The minimum atomic E-state index is 0.00538. The zero-order valence-electron chi connectivity index (χ0n) is 18.2. The third-order valence-electron chi connectivity index (χ3n) is 4.84. The Bertz CT molecular complexity index is 1090. The molecule has 1 aromatic heterocycles. The van der Waals surface area contributed by atoms with Crippen LogP contribution in [0.1, 0.15) is 47.3 Å². The Kier molecular flexibility index (Phi) is 6.67. The van der Waals surface area contributed by atoms with E-state index in [9.17, 15) is 0 Å². The van der Waals surface area contributed by atoms with Crippen molar-refractivity contribution in [2.45, 2.75) is 45.9 Å². The highest BCUT2D eigenvalue weighted by Crippen LogP contribution is 2.41. The molecule has 2 aromatic carbocycles. The highest BCUT2D eigenvalue weighted by Gasteiger charge is 2.32. The number of hydrogen-bond acceptors (Lipinski definition) is 6. The van der Waals surface area contributed by atoms with Crippen LogP contribution in [0.25, 0.3) is 0 Å². The fourth-order valence-corrected chi connectivity index (χ4v) is 4.80. The first-order valence-electron chi connectivity index (χ1n) is 10.4. The van der Waals surface area contributed by atoms with E-state index >= 15 is 0 Å². The zero-order chi connectivity index (χ0) is 21.8. The Hall–Kier alpha value is -2.71. The average Bonchev–Trinajstić information content (AvgIpc) is 3.42. The van der Waals surface area contributed by atoms with Gasteiger partial charge in [0.2, 0.25) is 11.1 Å². The summed E-state index contributed by atoms with van der Waals surface area (Å²) in [6, 6.07) is 16.9. The molecule has 0 radical (unpaired) electrons. The van der Waals surface area contributed by atoms with Gasteiger partial charge in [-0.25, -0.2) is 5.01 Å². The number of aromatic nitrogens is 2. The van der Waals surface area contributed by atoms with Gasteiger partial charge in [-0.2, -0.15) is 10.1 Å². The summed E-state index contributed by atoms with van der Waals surface area (Å²) in [5, 5.41) is 21.5. The number of hydrazone groups is 1. The molecule has 1 unspecified atom stereocenters. The maximum absolute atomic E-state index is 4.90. The minimum absolute atomic E-state index is 0.00538. The highest BCUT2D eigenvalue weighted by molar-refractivity contribution is 8.14. The van der Waals surface area contributed by atoms with E-state index in [1.807, 2.05) is 5.01 Å². The van der Waals surface area contributed by atoms with Gasteiger partial charge in [0.15, 0.2) is 0 Å². The molecule has 31 heavy (non-hydrogen) atoms. The van der Waals surface area contributed by atoms with Crippen molar-refractivity contribution >= 4 is 44.9 Å². The lowest BCUT2D eigenvalue weighted by atomic mass is 10.1. The van der Waals surface area contributed by atoms with Gasteiger partial charge in [0.1, 0.15) is 10.4 Å². The third kappa shape index (κ3) is 5.14. The van der Waals surface area contributed by atoms with Gasteiger partial charge in [-0.3, -0.25) is 0 Å². The summed E-state index contributed by atoms with van der Waals surface area (Å²) in [6.45, 7) is 8.38. The molecule has 6 nitrogen and oxygen atoms in total. The molecule has 0 aliphatic carbocycles. The lowest BCUT2D eigenvalue weighted by molar-refractivity contribution is 0.437. The molecule has 1 N–H and O–H groups in total. The second-order valence-electron chi connectivity index (χ2n) is 7.33. The van der Waals surface area contributed by atoms with E-state index in [0.717, 1.165) is 28.6 Å². The smallest absolute Gasteiger partial charge is 0.234 e. The number of hydrogen-bond donors (Lipinski definition) is 1. The highest BCUT2D eigenvalue weighted by atomic mass is 32.2. The Morgan fingerprint density at radius 2 is 1.65 bits per heavy atom. The van der Waals surface area contributed by atoms with Crippen LogP contribution in [-0.2, 0) is 6.42 Å². The number of nitrogens with one attached hydrogen (secondary N) is 1. The molecule has 0 spiro atoms. The van der Waals surface area contributed by atoms with Crippen LogP contribution in [0.15, 0.2) is 58.6 Å². The Morgan fingerprint density at radius 3 is 2.26 bits per heavy atom. The van der Waals surface area contributed by atoms with Gasteiger partial charge >= 0.3 is 0 Å². The summed E-state index contributed by atoms with van der Waals surface area (Å²) in [7, 11) is 0. The van der Waals surface area contributed by atoms with E-state index < -0.39 is 0 Å². The van der Waals surface area contributed by atoms with Crippen LogP contribution in [-0.4, -0.2) is 26.2 Å². The number of aryl methyl sites for hydroxylation is 3. The summed E-state index contributed by atoms with van der Waals surface area (Å²) >= 11 is 3.27. The first kappa shape index (κ1) is 21.5. The lowest BCUT2D eigenvalue weighted by Crippen LogP contribution is -2.32. The van der Waals surface area contributed by atoms with Gasteiger partial charge in [0.25, 0.3) is 0 Å². The molecule has 1 atom stereocenters. The van der Waals surface area contributed by atoms with Crippen molar-refractivity contribution in [1.82, 2.24) is 15.2 Å². The summed E-state index contributed by atoms with van der Waals surface area (Å²) in [5.41, 5.74) is 4.59. The van der Waals surface area contributed by atoms with Crippen molar-refractivity contribution in [2.75, 3.05) is 5.32 Å². The van der Waals surface area contributed by atoms with Gasteiger partial charge in [0.05, 0.1) is 5.04 Å². The van der Waals surface area contributed by atoms with E-state index in [4.69, 9.17) is 10.1 Å². The summed E-state index contributed by atoms with van der Waals surface area (Å²) < 4.78 is 0. The average molecular weight is 451 g/mol. The van der Waals surface area contributed by atoms with Gasteiger partial charge < -0.3 is 5.32 Å². The van der Waals surface area contributed by atoms with E-state index in [-0.39, 0.29) is 5.37 Å². The van der Waals surface area contributed by atoms with Crippen LogP contribution in [0.4, 0.5) is 10.8 Å². The molecule has 4 rings (SSSR count). The second-order valence-corrected chi connectivity index (χ2v) is 9.53. The molecular formula is C23H26N6S2. The van der Waals surface area contributed by atoms with Gasteiger partial charge in [-0.05, 0) is 44.4 Å². The van der Waals surface area contributed by atoms with E-state index in [1.54, 1.807) is 11.8 Å². The van der Waals surface area contributed by atoms with Gasteiger partial charge in [-0.1, -0.05) is 84.5 Å². The SMILES string of the molecule is CCC1=NN(/C(=N/c2nnc(CC)s2)Nc2ccc(C)cc2)C(c2ccc(C)cc2)S1. The fourth-order valence-electron chi connectivity index (χ4n) is 3.05. The second kappa shape index (κ2) is 9.62. The number of aliphatic imine (C=N–C) groups is 1. The molecule has 0 saturated heterocycles. The van der Waals surface area contributed by atoms with E-state index in [2.05, 4.69) is 91.7 Å². The Morgan fingerprint density at radius 1 is 0.968 bits per heavy atom. The molecule has 1 aliphatic rings. The molecule has 0 amide bonds. The maximum Gasteiger partial charge on any atom is 0.234 e. The normalized spacial score (nSPS) is 16.5. The molecule has 160 valence electrons. The number of benzene rings is 2. The van der Waals surface area contributed by atoms with Crippen LogP contribution < -0.4 is 5.32 Å². The van der Waals surface area contributed by atoms with E-state index in [1.165, 1.54) is 28.0 Å². The molecular weight excluding hydrogens is 424 g/mol. The van der Waals surface area contributed by atoms with Crippen molar-refractivity contribution in [2.24, 2.45) is 10.1 Å². The van der Waals surface area contributed by atoms with E-state index in [0.29, 0.717) is 11.1 Å². The van der Waals surface area contributed by atoms with Crippen LogP contribution >= 0.6 is 23.1 Å². The number of thioether (sulfide) groups is 1. The van der Waals surface area contributed by atoms with Gasteiger partial charge in [0, 0.05) is 5.69 Å². The first-order valence-corrected chi connectivity index (χ1v) is 12.1. The fraction of sp³-hybridized carbons (Fsp3) is 0.304. The molecule has 3 aromatic rings.